The van der Waals surface area contributed by atoms with Crippen LogP contribution >= 0.6 is 15.9 Å². The zero-order valence-corrected chi connectivity index (χ0v) is 12.5. The summed E-state index contributed by atoms with van der Waals surface area (Å²) < 4.78 is 6.18. The molecule has 2 rings (SSSR count). The van der Waals surface area contributed by atoms with Gasteiger partial charge in [-0.05, 0) is 49.7 Å². The van der Waals surface area contributed by atoms with Gasteiger partial charge in [0.2, 0.25) is 0 Å². The number of furan rings is 1. The Hall–Kier alpha value is -1.55. The summed E-state index contributed by atoms with van der Waals surface area (Å²) in [6.45, 7) is 3.93. The molecular weight excluding hydrogens is 306 g/mol. The number of hydrogen-bond acceptors (Lipinski definition) is 2. The molecule has 0 spiro atoms. The number of halogens is 1. The van der Waals surface area contributed by atoms with E-state index in [1.54, 1.807) is 6.26 Å². The summed E-state index contributed by atoms with van der Waals surface area (Å²) in [5.74, 6) is 0.807. The Balaban J connectivity index is 2.00. The number of aryl methyl sites for hydroxylation is 1. The van der Waals surface area contributed by atoms with Crippen LogP contribution in [0.4, 0.5) is 0 Å². The Morgan fingerprint density at radius 2 is 2.21 bits per heavy atom. The van der Waals surface area contributed by atoms with E-state index >= 15 is 0 Å². The molecule has 0 saturated carbocycles. The first-order valence-corrected chi connectivity index (χ1v) is 6.94. The summed E-state index contributed by atoms with van der Waals surface area (Å²) in [5, 5.41) is 2.97. The molecule has 1 unspecified atom stereocenters. The first kappa shape index (κ1) is 13.9. The van der Waals surface area contributed by atoms with Gasteiger partial charge in [-0.2, -0.15) is 0 Å². The third-order valence-electron chi connectivity index (χ3n) is 2.77. The van der Waals surface area contributed by atoms with Crippen LogP contribution in [-0.4, -0.2) is 11.9 Å². The molecule has 1 aromatic heterocycles. The van der Waals surface area contributed by atoms with Gasteiger partial charge in [-0.15, -0.1) is 0 Å². The van der Waals surface area contributed by atoms with E-state index in [9.17, 15) is 4.79 Å². The van der Waals surface area contributed by atoms with Gasteiger partial charge in [0.15, 0.2) is 0 Å². The van der Waals surface area contributed by atoms with Crippen LogP contribution < -0.4 is 5.32 Å². The standard InChI is InChI=1S/C15H16BrNO2/c1-10-6-12(9-13(16)7-10)15(18)17-11(2)8-14-4-3-5-19-14/h3-7,9,11H,8H2,1-2H3,(H,17,18). The summed E-state index contributed by atoms with van der Waals surface area (Å²) in [5.41, 5.74) is 1.72. The lowest BCUT2D eigenvalue weighted by Gasteiger charge is -2.13. The molecule has 0 aliphatic rings. The maximum atomic E-state index is 12.1. The van der Waals surface area contributed by atoms with E-state index in [2.05, 4.69) is 21.2 Å². The molecule has 0 fully saturated rings. The maximum absolute atomic E-state index is 12.1. The zero-order valence-electron chi connectivity index (χ0n) is 10.9. The van der Waals surface area contributed by atoms with E-state index in [-0.39, 0.29) is 11.9 Å². The van der Waals surface area contributed by atoms with Crippen LogP contribution in [0.5, 0.6) is 0 Å². The minimum Gasteiger partial charge on any atom is -0.469 e. The Morgan fingerprint density at radius 1 is 1.42 bits per heavy atom. The molecule has 1 N–H and O–H groups in total. The first-order valence-electron chi connectivity index (χ1n) is 6.15. The van der Waals surface area contributed by atoms with Crippen molar-refractivity contribution in [2.24, 2.45) is 0 Å². The third kappa shape index (κ3) is 3.96. The summed E-state index contributed by atoms with van der Waals surface area (Å²) in [4.78, 5) is 12.1. The van der Waals surface area contributed by atoms with E-state index < -0.39 is 0 Å². The quantitative estimate of drug-likeness (QED) is 0.932. The van der Waals surface area contributed by atoms with Crippen molar-refractivity contribution in [1.29, 1.82) is 0 Å². The van der Waals surface area contributed by atoms with Crippen molar-refractivity contribution in [1.82, 2.24) is 5.32 Å². The van der Waals surface area contributed by atoms with E-state index in [4.69, 9.17) is 4.42 Å². The molecule has 3 nitrogen and oxygen atoms in total. The monoisotopic (exact) mass is 321 g/mol. The highest BCUT2D eigenvalue weighted by Crippen LogP contribution is 2.15. The Bertz CT molecular complexity index is 543. The van der Waals surface area contributed by atoms with E-state index in [1.807, 2.05) is 44.2 Å². The predicted molar refractivity (Wildman–Crippen MR) is 78.2 cm³/mol. The molecule has 19 heavy (non-hydrogen) atoms. The molecule has 1 aromatic carbocycles. The van der Waals surface area contributed by atoms with Crippen molar-refractivity contribution in [3.8, 4) is 0 Å². The van der Waals surface area contributed by atoms with Gasteiger partial charge in [0.1, 0.15) is 5.76 Å². The molecule has 1 amide bonds. The number of rotatable bonds is 4. The SMILES string of the molecule is Cc1cc(Br)cc(C(=O)NC(C)Cc2ccco2)c1. The number of carbonyl (C=O) groups excluding carboxylic acids is 1. The van der Waals surface area contributed by atoms with E-state index in [1.165, 1.54) is 0 Å². The van der Waals surface area contributed by atoms with Crippen molar-refractivity contribution < 1.29 is 9.21 Å². The molecule has 0 saturated heterocycles. The lowest BCUT2D eigenvalue weighted by atomic mass is 10.1. The molecule has 0 radical (unpaired) electrons. The van der Waals surface area contributed by atoms with Gasteiger partial charge < -0.3 is 9.73 Å². The number of nitrogens with one attached hydrogen (secondary N) is 1. The van der Waals surface area contributed by atoms with Crippen molar-refractivity contribution in [2.45, 2.75) is 26.3 Å². The molecule has 0 aliphatic heterocycles. The van der Waals surface area contributed by atoms with Crippen molar-refractivity contribution >= 4 is 21.8 Å². The normalized spacial score (nSPS) is 12.2. The van der Waals surface area contributed by atoms with Gasteiger partial charge in [0.05, 0.1) is 6.26 Å². The molecule has 100 valence electrons. The van der Waals surface area contributed by atoms with Gasteiger partial charge in [0, 0.05) is 22.5 Å². The van der Waals surface area contributed by atoms with Crippen molar-refractivity contribution in [3.05, 3.63) is 58.0 Å². The Kier molecular flexibility index (Phi) is 4.43. The molecule has 0 bridgehead atoms. The molecule has 0 aliphatic carbocycles. The Labute approximate surface area is 121 Å². The predicted octanol–water partition coefficient (Wildman–Crippen LogP) is 3.71. The fourth-order valence-corrected chi connectivity index (χ4v) is 2.56. The smallest absolute Gasteiger partial charge is 0.251 e. The van der Waals surface area contributed by atoms with Crippen LogP contribution in [0.2, 0.25) is 0 Å². The molecule has 1 heterocycles. The minimum atomic E-state index is -0.0662. The largest absolute Gasteiger partial charge is 0.469 e. The van der Waals surface area contributed by atoms with Gasteiger partial charge >= 0.3 is 0 Å². The zero-order chi connectivity index (χ0) is 13.8. The van der Waals surface area contributed by atoms with Crippen LogP contribution in [0.3, 0.4) is 0 Å². The van der Waals surface area contributed by atoms with Crippen molar-refractivity contribution in [3.63, 3.8) is 0 Å². The molecular formula is C15H16BrNO2. The first-order chi connectivity index (χ1) is 9.04. The summed E-state index contributed by atoms with van der Waals surface area (Å²) in [6, 6.07) is 9.45. The van der Waals surface area contributed by atoms with E-state index in [0.29, 0.717) is 12.0 Å². The van der Waals surface area contributed by atoms with E-state index in [0.717, 1.165) is 15.8 Å². The second-order valence-electron chi connectivity index (χ2n) is 4.68. The van der Waals surface area contributed by atoms with Gasteiger partial charge in [-0.25, -0.2) is 0 Å². The summed E-state index contributed by atoms with van der Waals surface area (Å²) in [7, 11) is 0. The van der Waals surface area contributed by atoms with Crippen LogP contribution in [0.1, 0.15) is 28.6 Å². The highest BCUT2D eigenvalue weighted by Gasteiger charge is 2.12. The van der Waals surface area contributed by atoms with Gasteiger partial charge in [0.25, 0.3) is 5.91 Å². The molecule has 4 heteroatoms. The second-order valence-corrected chi connectivity index (χ2v) is 5.59. The second kappa shape index (κ2) is 6.06. The lowest BCUT2D eigenvalue weighted by Crippen LogP contribution is -2.34. The maximum Gasteiger partial charge on any atom is 0.251 e. The number of hydrogen-bond donors (Lipinski definition) is 1. The highest BCUT2D eigenvalue weighted by atomic mass is 79.9. The summed E-state index contributed by atoms with van der Waals surface area (Å²) >= 11 is 3.40. The third-order valence-corrected chi connectivity index (χ3v) is 3.23. The number of carbonyl (C=O) groups is 1. The number of benzene rings is 1. The fourth-order valence-electron chi connectivity index (χ4n) is 1.96. The summed E-state index contributed by atoms with van der Waals surface area (Å²) in [6.07, 6.45) is 2.33. The van der Waals surface area contributed by atoms with Crippen LogP contribution in [0.15, 0.2) is 45.5 Å². The minimum absolute atomic E-state index is 0.0259. The molecule has 2 aromatic rings. The van der Waals surface area contributed by atoms with Crippen molar-refractivity contribution in [2.75, 3.05) is 0 Å². The lowest BCUT2D eigenvalue weighted by molar-refractivity contribution is 0.0939. The topological polar surface area (TPSA) is 42.2 Å². The number of amides is 1. The Morgan fingerprint density at radius 3 is 2.84 bits per heavy atom. The average Bonchev–Trinajstić information content (AvgIpc) is 2.80. The fraction of sp³-hybridized carbons (Fsp3) is 0.267. The van der Waals surface area contributed by atoms with Crippen LogP contribution in [-0.2, 0) is 6.42 Å². The highest BCUT2D eigenvalue weighted by molar-refractivity contribution is 9.10. The molecule has 1 atom stereocenters. The van der Waals surface area contributed by atoms with Gasteiger partial charge in [-0.3, -0.25) is 4.79 Å². The van der Waals surface area contributed by atoms with Crippen LogP contribution in [0.25, 0.3) is 0 Å². The van der Waals surface area contributed by atoms with Crippen LogP contribution in [0, 0.1) is 6.92 Å². The van der Waals surface area contributed by atoms with Gasteiger partial charge in [-0.1, -0.05) is 15.9 Å². The average molecular weight is 322 g/mol.